The third-order valence-corrected chi connectivity index (χ3v) is 11.3. The van der Waals surface area contributed by atoms with Crippen molar-refractivity contribution in [3.8, 4) is 23.0 Å². The van der Waals surface area contributed by atoms with Gasteiger partial charge < -0.3 is 23.9 Å². The van der Waals surface area contributed by atoms with E-state index in [0.29, 0.717) is 44.8 Å². The van der Waals surface area contributed by atoms with Gasteiger partial charge in [-0.25, -0.2) is 28.5 Å². The molecule has 7 rings (SSSR count). The summed E-state index contributed by atoms with van der Waals surface area (Å²) in [6.07, 6.45) is 1.97. The van der Waals surface area contributed by atoms with Crippen LogP contribution in [0.15, 0.2) is 67.5 Å². The molecule has 51 heavy (non-hydrogen) atoms. The third-order valence-electron chi connectivity index (χ3n) is 11.3. The molecule has 1 N–H and O–H groups in total. The minimum Gasteiger partial charge on any atom is -0.504 e. The number of benzene rings is 2. The zero-order chi connectivity index (χ0) is 36.7. The minimum absolute atomic E-state index is 0.00816. The van der Waals surface area contributed by atoms with E-state index in [9.17, 15) is 29.1 Å². The molecular formula is C37H39N5O9. The fraction of sp³-hybridized carbons (Fsp3) is 0.405. The number of rotatable bonds is 7. The Morgan fingerprint density at radius 3 is 2.27 bits per heavy atom. The fourth-order valence-electron chi connectivity index (χ4n) is 8.44. The maximum Gasteiger partial charge on any atom is 0.347 e. The number of allylic oxidation sites excluding steroid dienone is 4. The first kappa shape index (κ1) is 33.8. The third kappa shape index (κ3) is 4.75. The summed E-state index contributed by atoms with van der Waals surface area (Å²) in [5.41, 5.74) is 0.464. The van der Waals surface area contributed by atoms with Crippen LogP contribution in [0.4, 0.5) is 0 Å². The van der Waals surface area contributed by atoms with Crippen LogP contribution in [-0.4, -0.2) is 61.5 Å². The number of aromatic hydroxyl groups is 1. The smallest absolute Gasteiger partial charge is 0.347 e. The number of fused-ring (bicyclic) bond motifs is 5. The van der Waals surface area contributed by atoms with E-state index in [0.717, 1.165) is 4.57 Å². The molecule has 2 aromatic carbocycles. The number of carbonyl (C=O) groups excluding carboxylic acids is 2. The lowest BCUT2D eigenvalue weighted by molar-refractivity contribution is -0.140. The van der Waals surface area contributed by atoms with Gasteiger partial charge in [-0.05, 0) is 54.7 Å². The van der Waals surface area contributed by atoms with E-state index in [1.54, 1.807) is 52.1 Å². The van der Waals surface area contributed by atoms with Crippen LogP contribution in [0.25, 0.3) is 11.0 Å². The summed E-state index contributed by atoms with van der Waals surface area (Å²) in [5, 5.41) is 10.8. The van der Waals surface area contributed by atoms with Crippen LogP contribution in [0.5, 0.6) is 23.0 Å². The van der Waals surface area contributed by atoms with Gasteiger partial charge >= 0.3 is 11.4 Å². The van der Waals surface area contributed by atoms with Crippen molar-refractivity contribution in [2.24, 2.45) is 18.4 Å². The molecule has 1 aliphatic heterocycles. The maximum atomic E-state index is 14.2. The molecule has 0 amide bonds. The van der Waals surface area contributed by atoms with Gasteiger partial charge in [0.05, 0.1) is 50.4 Å². The molecule has 3 heterocycles. The molecule has 0 radical (unpaired) electrons. The average molecular weight is 698 g/mol. The van der Waals surface area contributed by atoms with Crippen molar-refractivity contribution in [1.82, 2.24) is 23.5 Å². The number of aryl methyl sites for hydroxylation is 2. The summed E-state index contributed by atoms with van der Waals surface area (Å²) in [5.74, 6) is -0.854. The predicted octanol–water partition coefficient (Wildman–Crippen LogP) is 2.81. The number of ketones is 2. The number of phenolic OH excluding ortho intramolecular Hbond substituents is 1. The topological polar surface area (TPSA) is 166 Å². The van der Waals surface area contributed by atoms with Gasteiger partial charge in [-0.1, -0.05) is 19.1 Å². The van der Waals surface area contributed by atoms with Gasteiger partial charge in [0, 0.05) is 44.0 Å². The Labute approximate surface area is 291 Å². The van der Waals surface area contributed by atoms with Crippen LogP contribution < -0.4 is 31.1 Å². The lowest BCUT2D eigenvalue weighted by Gasteiger charge is -2.53. The SMILES string of the molecule is COc1ccc([C@H]2C3=CCn4c(=O)n(CCc5nc6cc(OC)c(OC)cc6n(C)c5=O)c(=O)n4[C@@H]3C[C@H]3C(=O)C(C)=C(C)C(=O)[C@@]23C)cc1O. The van der Waals surface area contributed by atoms with Crippen LogP contribution in [-0.2, 0) is 36.1 Å². The van der Waals surface area contributed by atoms with E-state index in [4.69, 9.17) is 14.2 Å². The highest BCUT2D eigenvalue weighted by Gasteiger charge is 2.60. The summed E-state index contributed by atoms with van der Waals surface area (Å²) in [6, 6.07) is 7.49. The van der Waals surface area contributed by atoms with Gasteiger partial charge in [0.2, 0.25) is 0 Å². The molecule has 14 heteroatoms. The largest absolute Gasteiger partial charge is 0.504 e. The van der Waals surface area contributed by atoms with E-state index in [2.05, 4.69) is 4.98 Å². The second-order valence-corrected chi connectivity index (χ2v) is 13.6. The van der Waals surface area contributed by atoms with Crippen LogP contribution in [0.1, 0.15) is 50.4 Å². The van der Waals surface area contributed by atoms with Crippen molar-refractivity contribution < 1.29 is 28.9 Å². The summed E-state index contributed by atoms with van der Waals surface area (Å²) in [4.78, 5) is 74.2. The summed E-state index contributed by atoms with van der Waals surface area (Å²) < 4.78 is 21.3. The Bertz CT molecular complexity index is 2430. The van der Waals surface area contributed by atoms with Crippen molar-refractivity contribution in [1.29, 1.82) is 0 Å². The predicted molar refractivity (Wildman–Crippen MR) is 186 cm³/mol. The molecule has 2 aromatic heterocycles. The molecule has 14 nitrogen and oxygen atoms in total. The lowest BCUT2D eigenvalue weighted by Crippen LogP contribution is -2.55. The lowest BCUT2D eigenvalue weighted by atomic mass is 9.50. The fourth-order valence-corrected chi connectivity index (χ4v) is 8.44. The maximum absolute atomic E-state index is 14.2. The van der Waals surface area contributed by atoms with Crippen molar-refractivity contribution >= 4 is 22.6 Å². The molecule has 0 bridgehead atoms. The van der Waals surface area contributed by atoms with Crippen molar-refractivity contribution in [3.05, 3.63) is 95.7 Å². The standard InChI is InChI=1S/C37H39N5O9/c1-18-19(2)33(45)37(3)22(32(18)44)15-25-21(31(37)20-8-9-28(49-5)27(43)14-20)10-13-41-35(47)40(36(48)42(25)41)12-11-23-34(46)39(4)26-17-30(51-7)29(50-6)16-24(26)38-23/h8-10,14,16-17,22,25,31,43H,11-13,15H2,1-7H3/t22-,25+,31-,37+/m0/s1. The van der Waals surface area contributed by atoms with Gasteiger partial charge in [0.25, 0.3) is 5.56 Å². The molecule has 2 aliphatic carbocycles. The van der Waals surface area contributed by atoms with E-state index >= 15 is 0 Å². The quantitative estimate of drug-likeness (QED) is 0.284. The van der Waals surface area contributed by atoms with Gasteiger partial charge in [0.15, 0.2) is 34.6 Å². The number of nitrogens with zero attached hydrogens (tertiary/aromatic N) is 5. The first-order chi connectivity index (χ1) is 24.3. The number of methoxy groups -OCH3 is 3. The summed E-state index contributed by atoms with van der Waals surface area (Å²) in [7, 11) is 6.04. The molecule has 3 aliphatic rings. The number of phenols is 1. The normalized spacial score (nSPS) is 22.7. The highest BCUT2D eigenvalue weighted by molar-refractivity contribution is 6.15. The van der Waals surface area contributed by atoms with Gasteiger partial charge in [-0.15, -0.1) is 0 Å². The van der Waals surface area contributed by atoms with Gasteiger partial charge in [-0.3, -0.25) is 14.4 Å². The van der Waals surface area contributed by atoms with Crippen molar-refractivity contribution in [2.75, 3.05) is 21.3 Å². The highest BCUT2D eigenvalue weighted by atomic mass is 16.5. The molecule has 1 saturated carbocycles. The van der Waals surface area contributed by atoms with Crippen LogP contribution >= 0.6 is 0 Å². The van der Waals surface area contributed by atoms with Crippen molar-refractivity contribution in [2.45, 2.75) is 58.7 Å². The number of carbonyl (C=O) groups is 2. The number of ether oxygens (including phenoxy) is 3. The zero-order valence-corrected chi connectivity index (χ0v) is 29.5. The van der Waals surface area contributed by atoms with E-state index in [-0.39, 0.29) is 60.2 Å². The molecular weight excluding hydrogens is 658 g/mol. The highest BCUT2D eigenvalue weighted by Crippen LogP contribution is 2.60. The molecule has 0 saturated heterocycles. The molecule has 0 unspecified atom stereocenters. The molecule has 4 aromatic rings. The first-order valence-corrected chi connectivity index (χ1v) is 16.6. The Hall–Kier alpha value is -5.66. The van der Waals surface area contributed by atoms with E-state index in [1.165, 1.54) is 41.3 Å². The number of hydrogen-bond acceptors (Lipinski definition) is 10. The molecule has 4 atom stereocenters. The van der Waals surface area contributed by atoms with Gasteiger partial charge in [-0.2, -0.15) is 0 Å². The second-order valence-electron chi connectivity index (χ2n) is 13.6. The monoisotopic (exact) mass is 697 g/mol. The Balaban J connectivity index is 1.31. The number of aromatic nitrogens is 5. The Morgan fingerprint density at radius 1 is 0.922 bits per heavy atom. The van der Waals surface area contributed by atoms with Crippen LogP contribution in [0.2, 0.25) is 0 Å². The zero-order valence-electron chi connectivity index (χ0n) is 29.5. The van der Waals surface area contributed by atoms with Crippen LogP contribution in [0.3, 0.4) is 0 Å². The van der Waals surface area contributed by atoms with E-state index < -0.39 is 34.7 Å². The first-order valence-electron chi connectivity index (χ1n) is 16.6. The average Bonchev–Trinajstić information content (AvgIpc) is 3.37. The molecule has 266 valence electrons. The molecule has 1 fully saturated rings. The van der Waals surface area contributed by atoms with Crippen LogP contribution in [0, 0.1) is 11.3 Å². The van der Waals surface area contributed by atoms with E-state index in [1.807, 2.05) is 6.08 Å². The second kappa shape index (κ2) is 12.0. The number of hydrogen-bond donors (Lipinski definition) is 1. The summed E-state index contributed by atoms with van der Waals surface area (Å²) in [6.45, 7) is 5.01. The van der Waals surface area contributed by atoms with Crippen molar-refractivity contribution in [3.63, 3.8) is 0 Å². The molecule has 0 spiro atoms. The Kier molecular flexibility index (Phi) is 7.95. The number of Topliss-reactive ketones (excluding diaryl/α,β-unsaturated/α-hetero) is 2. The Morgan fingerprint density at radius 2 is 1.61 bits per heavy atom. The minimum atomic E-state index is -1.22. The summed E-state index contributed by atoms with van der Waals surface area (Å²) >= 11 is 0. The van der Waals surface area contributed by atoms with Gasteiger partial charge in [0.1, 0.15) is 5.69 Å².